The van der Waals surface area contributed by atoms with Crippen molar-refractivity contribution in [2.75, 3.05) is 6.61 Å². The third-order valence-corrected chi connectivity index (χ3v) is 3.36. The third kappa shape index (κ3) is 1.79. The Hall–Kier alpha value is -0.920. The third-order valence-electron chi connectivity index (χ3n) is 3.36. The van der Waals surface area contributed by atoms with E-state index in [4.69, 9.17) is 11.2 Å². The van der Waals surface area contributed by atoms with Crippen molar-refractivity contribution in [3.8, 4) is 24.2 Å². The van der Waals surface area contributed by atoms with Gasteiger partial charge in [-0.25, -0.2) is 0 Å². The molecule has 0 aromatic carbocycles. The van der Waals surface area contributed by atoms with Gasteiger partial charge in [-0.2, -0.15) is 0 Å². The van der Waals surface area contributed by atoms with Crippen molar-refractivity contribution >= 4 is 0 Å². The van der Waals surface area contributed by atoms with Crippen LogP contribution in [0.3, 0.4) is 0 Å². The van der Waals surface area contributed by atoms with Gasteiger partial charge in [0.15, 0.2) is 0 Å². The molecule has 2 rings (SSSR count). The molecule has 1 nitrogen and oxygen atoms in total. The molecule has 0 spiro atoms. The topological polar surface area (TPSA) is 9.23 Å². The van der Waals surface area contributed by atoms with Crippen molar-refractivity contribution < 1.29 is 4.74 Å². The van der Waals surface area contributed by atoms with Crippen LogP contribution in [0.25, 0.3) is 0 Å². The van der Waals surface area contributed by atoms with Crippen LogP contribution in [0.4, 0.5) is 0 Å². The molecule has 0 aromatic heterocycles. The van der Waals surface area contributed by atoms with Crippen LogP contribution in [0.15, 0.2) is 0 Å². The summed E-state index contributed by atoms with van der Waals surface area (Å²) in [4.78, 5) is 0. The van der Waals surface area contributed by atoms with E-state index < -0.39 is 0 Å². The quantitative estimate of drug-likeness (QED) is 0.616. The van der Waals surface area contributed by atoms with E-state index in [1.165, 1.54) is 0 Å². The minimum absolute atomic E-state index is 0.374. The number of hydrogen-bond acceptors (Lipinski definition) is 1. The second kappa shape index (κ2) is 4.07. The lowest BCUT2D eigenvalue weighted by Crippen LogP contribution is -2.23. The fraction of sp³-hybridized carbons (Fsp3) is 0.692. The highest BCUT2D eigenvalue weighted by Gasteiger charge is 2.32. The van der Waals surface area contributed by atoms with E-state index in [0.717, 1.165) is 25.9 Å². The van der Waals surface area contributed by atoms with Crippen molar-refractivity contribution in [3.63, 3.8) is 0 Å². The van der Waals surface area contributed by atoms with Crippen LogP contribution in [-0.4, -0.2) is 12.7 Å². The molecular weight excluding hydrogens is 172 g/mol. The highest BCUT2D eigenvalue weighted by molar-refractivity contribution is 5.16. The first-order chi connectivity index (χ1) is 6.81. The van der Waals surface area contributed by atoms with Crippen LogP contribution in [0.5, 0.6) is 0 Å². The maximum atomic E-state index is 5.85. The largest absolute Gasteiger partial charge is 0.377 e. The molecule has 4 atom stereocenters. The van der Waals surface area contributed by atoms with Gasteiger partial charge in [0.2, 0.25) is 0 Å². The molecule has 4 unspecified atom stereocenters. The van der Waals surface area contributed by atoms with Crippen molar-refractivity contribution in [1.82, 2.24) is 0 Å². The Morgan fingerprint density at radius 2 is 2.29 bits per heavy atom. The smallest absolute Gasteiger partial charge is 0.0617 e. The Morgan fingerprint density at radius 3 is 2.79 bits per heavy atom. The molecule has 0 saturated heterocycles. The number of ether oxygens (including phenoxy) is 1. The monoisotopic (exact) mass is 188 g/mol. The molecular formula is C13H16O. The molecule has 14 heavy (non-hydrogen) atoms. The van der Waals surface area contributed by atoms with Gasteiger partial charge in [-0.1, -0.05) is 12.8 Å². The van der Waals surface area contributed by atoms with Crippen LogP contribution in [0, 0.1) is 41.9 Å². The van der Waals surface area contributed by atoms with Crippen molar-refractivity contribution in [3.05, 3.63) is 0 Å². The van der Waals surface area contributed by atoms with Gasteiger partial charge in [0.25, 0.3) is 0 Å². The maximum absolute atomic E-state index is 5.85. The predicted molar refractivity (Wildman–Crippen MR) is 56.3 cm³/mol. The van der Waals surface area contributed by atoms with Gasteiger partial charge in [0.05, 0.1) is 18.6 Å². The number of rotatable bonds is 3. The van der Waals surface area contributed by atoms with Gasteiger partial charge in [0.1, 0.15) is 0 Å². The summed E-state index contributed by atoms with van der Waals surface area (Å²) in [6.45, 7) is 3.01. The van der Waals surface area contributed by atoms with Gasteiger partial charge in [0, 0.05) is 12.3 Å². The van der Waals surface area contributed by atoms with Gasteiger partial charge in [-0.05, 0) is 18.8 Å². The highest BCUT2D eigenvalue weighted by atomic mass is 16.5. The molecule has 0 N–H and O–H groups in total. The van der Waals surface area contributed by atoms with E-state index in [1.807, 2.05) is 0 Å². The lowest BCUT2D eigenvalue weighted by Gasteiger charge is -2.21. The van der Waals surface area contributed by atoms with E-state index in [0.29, 0.717) is 23.9 Å². The van der Waals surface area contributed by atoms with Crippen LogP contribution < -0.4 is 0 Å². The summed E-state index contributed by atoms with van der Waals surface area (Å²) in [5.74, 6) is 10.4. The zero-order chi connectivity index (χ0) is 9.97. The molecule has 1 saturated carbocycles. The Bertz CT molecular complexity index is 301. The van der Waals surface area contributed by atoms with Crippen LogP contribution in [0.1, 0.15) is 26.2 Å². The fourth-order valence-electron chi connectivity index (χ4n) is 2.19. The molecule has 0 amide bonds. The van der Waals surface area contributed by atoms with Gasteiger partial charge >= 0.3 is 0 Å². The predicted octanol–water partition coefficient (Wildman–Crippen LogP) is 2.07. The Balaban J connectivity index is 1.77. The number of terminal acetylenes is 1. The average Bonchev–Trinajstić information content (AvgIpc) is 2.45. The highest BCUT2D eigenvalue weighted by Crippen LogP contribution is 2.33. The molecule has 0 aromatic rings. The van der Waals surface area contributed by atoms with Gasteiger partial charge < -0.3 is 4.74 Å². The summed E-state index contributed by atoms with van der Waals surface area (Å²) >= 11 is 0. The molecule has 2 aliphatic carbocycles. The van der Waals surface area contributed by atoms with E-state index >= 15 is 0 Å². The summed E-state index contributed by atoms with van der Waals surface area (Å²) in [5, 5.41) is 0. The normalized spacial score (nSPS) is 39.4. The number of hydrogen-bond donors (Lipinski definition) is 0. The average molecular weight is 188 g/mol. The zero-order valence-corrected chi connectivity index (χ0v) is 8.62. The lowest BCUT2D eigenvalue weighted by molar-refractivity contribution is 0.0164. The van der Waals surface area contributed by atoms with E-state index in [2.05, 4.69) is 24.7 Å². The lowest BCUT2D eigenvalue weighted by atomic mass is 9.97. The van der Waals surface area contributed by atoms with E-state index in [9.17, 15) is 0 Å². The molecule has 1 fully saturated rings. The second-order valence-electron chi connectivity index (χ2n) is 4.30. The zero-order valence-electron chi connectivity index (χ0n) is 8.62. The molecule has 0 heterocycles. The van der Waals surface area contributed by atoms with Crippen molar-refractivity contribution in [1.29, 1.82) is 0 Å². The molecule has 0 bridgehead atoms. The Kier molecular flexibility index (Phi) is 2.80. The van der Waals surface area contributed by atoms with Crippen molar-refractivity contribution in [2.45, 2.75) is 32.3 Å². The van der Waals surface area contributed by atoms with E-state index in [1.54, 1.807) is 0 Å². The van der Waals surface area contributed by atoms with Crippen LogP contribution >= 0.6 is 0 Å². The van der Waals surface area contributed by atoms with Gasteiger partial charge in [-0.3, -0.25) is 0 Å². The Morgan fingerprint density at radius 1 is 1.50 bits per heavy atom. The first kappa shape index (κ1) is 9.63. The van der Waals surface area contributed by atoms with E-state index in [-0.39, 0.29) is 0 Å². The summed E-state index contributed by atoms with van der Waals surface area (Å²) in [7, 11) is 0. The molecule has 0 aliphatic heterocycles. The minimum atomic E-state index is 0.374. The summed E-state index contributed by atoms with van der Waals surface area (Å²) in [6.07, 6.45) is 9.08. The summed E-state index contributed by atoms with van der Waals surface area (Å²) in [6, 6.07) is 0. The molecule has 2 aliphatic rings. The molecule has 1 heteroatoms. The minimum Gasteiger partial charge on any atom is -0.377 e. The molecule has 74 valence electrons. The first-order valence-corrected chi connectivity index (χ1v) is 5.37. The second-order valence-corrected chi connectivity index (χ2v) is 4.30. The fourth-order valence-corrected chi connectivity index (χ4v) is 2.19. The summed E-state index contributed by atoms with van der Waals surface area (Å²) in [5.41, 5.74) is 0. The SMILES string of the molecule is C#CC1CCC(OCC2C#CC2)C1C. The standard InChI is InChI=1S/C13H16O/c1-3-12-7-8-13(10(12)2)14-9-11-5-4-6-11/h1,10-13H,5,7-9H2,2H3. The van der Waals surface area contributed by atoms with Crippen molar-refractivity contribution in [2.24, 2.45) is 17.8 Å². The summed E-state index contributed by atoms with van der Waals surface area (Å²) < 4.78 is 5.85. The first-order valence-electron chi connectivity index (χ1n) is 5.37. The Labute approximate surface area is 86.2 Å². The molecule has 0 radical (unpaired) electrons. The van der Waals surface area contributed by atoms with Gasteiger partial charge in [-0.15, -0.1) is 18.3 Å². The van der Waals surface area contributed by atoms with Crippen LogP contribution in [-0.2, 0) is 4.74 Å². The maximum Gasteiger partial charge on any atom is 0.0617 e. The van der Waals surface area contributed by atoms with Crippen LogP contribution in [0.2, 0.25) is 0 Å².